The molecule has 130 valence electrons. The number of ether oxygens (including phenoxy) is 1. The van der Waals surface area contributed by atoms with E-state index in [1.165, 1.54) is 10.9 Å². The zero-order valence-electron chi connectivity index (χ0n) is 15.2. The Kier molecular flexibility index (Phi) is 3.96. The lowest BCUT2D eigenvalue weighted by Crippen LogP contribution is -2.43. The summed E-state index contributed by atoms with van der Waals surface area (Å²) in [6, 6.07) is 9.21. The standard InChI is InChI=1S/C20H24N4O/c1-13(2)24-11-18-17(9-14(24)3)20(22-12-21-18)25-16-5-6-19-15(10-16)7-8-23(19)4/h5-8,10,12-14H,9,11H2,1-4H3/t14-/m0/s1. The minimum absolute atomic E-state index is 0.456. The summed E-state index contributed by atoms with van der Waals surface area (Å²) in [5.74, 6) is 1.51. The second-order valence-electron chi connectivity index (χ2n) is 7.17. The molecule has 0 fully saturated rings. The third-order valence-electron chi connectivity index (χ3n) is 5.13. The molecule has 1 atom stereocenters. The van der Waals surface area contributed by atoms with E-state index in [0.29, 0.717) is 18.0 Å². The molecule has 1 aliphatic heterocycles. The molecule has 2 aromatic heterocycles. The summed E-state index contributed by atoms with van der Waals surface area (Å²) in [6.07, 6.45) is 4.59. The molecule has 1 aliphatic rings. The summed E-state index contributed by atoms with van der Waals surface area (Å²) in [7, 11) is 2.05. The highest BCUT2D eigenvalue weighted by Gasteiger charge is 2.28. The lowest BCUT2D eigenvalue weighted by atomic mass is 9.98. The van der Waals surface area contributed by atoms with Crippen LogP contribution in [0.25, 0.3) is 10.9 Å². The molecule has 0 saturated heterocycles. The number of benzene rings is 1. The van der Waals surface area contributed by atoms with Gasteiger partial charge < -0.3 is 9.30 Å². The number of fused-ring (bicyclic) bond motifs is 2. The number of aryl methyl sites for hydroxylation is 1. The topological polar surface area (TPSA) is 43.2 Å². The van der Waals surface area contributed by atoms with E-state index in [1.807, 2.05) is 13.1 Å². The summed E-state index contributed by atoms with van der Waals surface area (Å²) >= 11 is 0. The van der Waals surface area contributed by atoms with Gasteiger partial charge in [-0.1, -0.05) is 0 Å². The maximum Gasteiger partial charge on any atom is 0.225 e. The van der Waals surface area contributed by atoms with Gasteiger partial charge in [-0.15, -0.1) is 0 Å². The van der Waals surface area contributed by atoms with E-state index in [4.69, 9.17) is 4.74 Å². The largest absolute Gasteiger partial charge is 0.439 e. The van der Waals surface area contributed by atoms with Crippen molar-refractivity contribution in [2.24, 2.45) is 7.05 Å². The molecule has 25 heavy (non-hydrogen) atoms. The van der Waals surface area contributed by atoms with Crippen LogP contribution in [-0.4, -0.2) is 31.5 Å². The zero-order valence-corrected chi connectivity index (χ0v) is 15.2. The zero-order chi connectivity index (χ0) is 17.6. The molecule has 0 radical (unpaired) electrons. The molecule has 0 unspecified atom stereocenters. The first-order valence-corrected chi connectivity index (χ1v) is 8.84. The Morgan fingerprint density at radius 2 is 2.04 bits per heavy atom. The molecule has 0 bridgehead atoms. The molecule has 3 heterocycles. The molecular formula is C20H24N4O. The Morgan fingerprint density at radius 1 is 1.20 bits per heavy atom. The Bertz CT molecular complexity index is 915. The van der Waals surface area contributed by atoms with Crippen molar-refractivity contribution in [3.8, 4) is 11.6 Å². The van der Waals surface area contributed by atoms with Gasteiger partial charge in [0, 0.05) is 48.3 Å². The first-order chi connectivity index (χ1) is 12.0. The van der Waals surface area contributed by atoms with Gasteiger partial charge in [0.15, 0.2) is 0 Å². The van der Waals surface area contributed by atoms with Gasteiger partial charge in [-0.05, 0) is 51.5 Å². The predicted octanol–water partition coefficient (Wildman–Crippen LogP) is 3.92. The van der Waals surface area contributed by atoms with Crippen LogP contribution >= 0.6 is 0 Å². The number of rotatable bonds is 3. The van der Waals surface area contributed by atoms with Crippen molar-refractivity contribution in [2.75, 3.05) is 0 Å². The van der Waals surface area contributed by atoms with Crippen LogP contribution in [-0.2, 0) is 20.0 Å². The monoisotopic (exact) mass is 336 g/mol. The van der Waals surface area contributed by atoms with Crippen molar-refractivity contribution >= 4 is 10.9 Å². The predicted molar refractivity (Wildman–Crippen MR) is 98.9 cm³/mol. The fourth-order valence-corrected chi connectivity index (χ4v) is 3.73. The van der Waals surface area contributed by atoms with Crippen molar-refractivity contribution in [2.45, 2.75) is 45.8 Å². The first-order valence-electron chi connectivity index (χ1n) is 8.84. The Morgan fingerprint density at radius 3 is 2.84 bits per heavy atom. The second-order valence-corrected chi connectivity index (χ2v) is 7.17. The summed E-state index contributed by atoms with van der Waals surface area (Å²) < 4.78 is 8.26. The van der Waals surface area contributed by atoms with Gasteiger partial charge in [-0.2, -0.15) is 0 Å². The van der Waals surface area contributed by atoms with Crippen molar-refractivity contribution in [3.63, 3.8) is 0 Å². The van der Waals surface area contributed by atoms with Crippen molar-refractivity contribution < 1.29 is 4.74 Å². The third-order valence-corrected chi connectivity index (χ3v) is 5.13. The molecule has 4 rings (SSSR count). The number of hydrogen-bond acceptors (Lipinski definition) is 4. The number of aromatic nitrogens is 3. The van der Waals surface area contributed by atoms with E-state index in [9.17, 15) is 0 Å². The number of hydrogen-bond donors (Lipinski definition) is 0. The number of nitrogens with zero attached hydrogens (tertiary/aromatic N) is 4. The first kappa shape index (κ1) is 16.1. The highest BCUT2D eigenvalue weighted by atomic mass is 16.5. The lowest BCUT2D eigenvalue weighted by Gasteiger charge is -2.37. The Hall–Kier alpha value is -2.40. The lowest BCUT2D eigenvalue weighted by molar-refractivity contribution is 0.137. The van der Waals surface area contributed by atoms with Crippen molar-refractivity contribution in [1.29, 1.82) is 0 Å². The SMILES string of the molecule is CC(C)N1Cc2ncnc(Oc3ccc4c(ccn4C)c3)c2C[C@@H]1C. The Balaban J connectivity index is 1.66. The maximum absolute atomic E-state index is 6.16. The summed E-state index contributed by atoms with van der Waals surface area (Å²) in [5, 5.41) is 1.17. The van der Waals surface area contributed by atoms with Crippen LogP contribution in [0.5, 0.6) is 11.6 Å². The molecule has 5 nitrogen and oxygen atoms in total. The maximum atomic E-state index is 6.16. The van der Waals surface area contributed by atoms with Gasteiger partial charge in [-0.3, -0.25) is 4.90 Å². The Labute approximate surface area is 148 Å². The highest BCUT2D eigenvalue weighted by Crippen LogP contribution is 2.32. The molecule has 0 spiro atoms. The smallest absolute Gasteiger partial charge is 0.225 e. The normalized spacial score (nSPS) is 17.9. The van der Waals surface area contributed by atoms with Gasteiger partial charge in [0.2, 0.25) is 5.88 Å². The van der Waals surface area contributed by atoms with Gasteiger partial charge in [0.1, 0.15) is 12.1 Å². The molecule has 5 heteroatoms. The van der Waals surface area contributed by atoms with E-state index in [0.717, 1.165) is 30.0 Å². The van der Waals surface area contributed by atoms with E-state index >= 15 is 0 Å². The second kappa shape index (κ2) is 6.15. The van der Waals surface area contributed by atoms with Gasteiger partial charge in [-0.25, -0.2) is 9.97 Å². The van der Waals surface area contributed by atoms with Gasteiger partial charge in [0.05, 0.1) is 5.69 Å². The average Bonchev–Trinajstić information content (AvgIpc) is 2.95. The summed E-state index contributed by atoms with van der Waals surface area (Å²) in [4.78, 5) is 11.4. The van der Waals surface area contributed by atoms with Crippen LogP contribution in [0, 0.1) is 0 Å². The van der Waals surface area contributed by atoms with Crippen molar-refractivity contribution in [1.82, 2.24) is 19.4 Å². The van der Waals surface area contributed by atoms with E-state index < -0.39 is 0 Å². The minimum atomic E-state index is 0.456. The van der Waals surface area contributed by atoms with Crippen LogP contribution in [0.15, 0.2) is 36.8 Å². The fraction of sp³-hybridized carbons (Fsp3) is 0.400. The van der Waals surface area contributed by atoms with Crippen LogP contribution in [0.2, 0.25) is 0 Å². The molecule has 0 N–H and O–H groups in total. The molecule has 0 saturated carbocycles. The summed E-state index contributed by atoms with van der Waals surface area (Å²) in [5.41, 5.74) is 3.41. The average molecular weight is 336 g/mol. The molecular weight excluding hydrogens is 312 g/mol. The molecule has 0 amide bonds. The van der Waals surface area contributed by atoms with Crippen LogP contribution in [0.4, 0.5) is 0 Å². The van der Waals surface area contributed by atoms with Crippen LogP contribution < -0.4 is 4.74 Å². The van der Waals surface area contributed by atoms with E-state index in [1.54, 1.807) is 6.33 Å². The quantitative estimate of drug-likeness (QED) is 0.727. The fourth-order valence-electron chi connectivity index (χ4n) is 3.73. The summed E-state index contributed by atoms with van der Waals surface area (Å²) in [6.45, 7) is 7.57. The van der Waals surface area contributed by atoms with Crippen molar-refractivity contribution in [3.05, 3.63) is 48.0 Å². The molecule has 1 aromatic carbocycles. The highest BCUT2D eigenvalue weighted by molar-refractivity contribution is 5.81. The van der Waals surface area contributed by atoms with Gasteiger partial charge in [0.25, 0.3) is 0 Å². The van der Waals surface area contributed by atoms with Crippen LogP contribution in [0.3, 0.4) is 0 Å². The van der Waals surface area contributed by atoms with E-state index in [-0.39, 0.29) is 0 Å². The molecule has 3 aromatic rings. The van der Waals surface area contributed by atoms with E-state index in [2.05, 4.69) is 64.6 Å². The minimum Gasteiger partial charge on any atom is -0.439 e. The third kappa shape index (κ3) is 2.89. The van der Waals surface area contributed by atoms with Crippen LogP contribution in [0.1, 0.15) is 32.0 Å². The van der Waals surface area contributed by atoms with Gasteiger partial charge >= 0.3 is 0 Å². The molecule has 0 aliphatic carbocycles.